The van der Waals surface area contributed by atoms with Gasteiger partial charge in [-0.05, 0) is 37.5 Å². The van der Waals surface area contributed by atoms with E-state index in [1.807, 2.05) is 13.1 Å². The summed E-state index contributed by atoms with van der Waals surface area (Å²) in [6, 6.07) is 5.95. The Bertz CT molecular complexity index is 972. The lowest BCUT2D eigenvalue weighted by Gasteiger charge is -2.32. The number of methoxy groups -OCH3 is 1. The number of anilines is 1. The van der Waals surface area contributed by atoms with Crippen LogP contribution in [0, 0.1) is 6.92 Å². The Morgan fingerprint density at radius 3 is 2.74 bits per heavy atom. The van der Waals surface area contributed by atoms with E-state index in [-0.39, 0.29) is 11.9 Å². The number of carbonyl (C=O) groups is 1. The van der Waals surface area contributed by atoms with Crippen LogP contribution < -0.4 is 15.0 Å². The van der Waals surface area contributed by atoms with Crippen molar-refractivity contribution in [1.29, 1.82) is 0 Å². The van der Waals surface area contributed by atoms with Crippen LogP contribution in [0.15, 0.2) is 24.4 Å². The zero-order chi connectivity index (χ0) is 19.0. The van der Waals surface area contributed by atoms with Crippen LogP contribution in [0.25, 0.3) is 10.2 Å². The average Bonchev–Trinajstić information content (AvgIpc) is 3.30. The Kier molecular flexibility index (Phi) is 4.73. The number of nitrogens with one attached hydrogen (secondary N) is 1. The van der Waals surface area contributed by atoms with E-state index < -0.39 is 0 Å². The van der Waals surface area contributed by atoms with E-state index in [9.17, 15) is 4.79 Å². The van der Waals surface area contributed by atoms with E-state index in [1.165, 1.54) is 10.3 Å². The van der Waals surface area contributed by atoms with Gasteiger partial charge in [0, 0.05) is 32.4 Å². The van der Waals surface area contributed by atoms with Crippen molar-refractivity contribution in [3.8, 4) is 5.75 Å². The molecule has 3 aromatic rings. The number of rotatable bonds is 4. The number of hydrogen-bond donors (Lipinski definition) is 1. The number of hydrogen-bond acceptors (Lipinski definition) is 6. The number of aryl methyl sites for hydroxylation is 2. The number of piperidine rings is 1. The van der Waals surface area contributed by atoms with Gasteiger partial charge in [0.2, 0.25) is 0 Å². The van der Waals surface area contributed by atoms with Gasteiger partial charge in [0.15, 0.2) is 5.13 Å². The van der Waals surface area contributed by atoms with Gasteiger partial charge in [-0.15, -0.1) is 0 Å². The molecule has 0 spiro atoms. The highest BCUT2D eigenvalue weighted by atomic mass is 32.1. The molecule has 0 bridgehead atoms. The second-order valence-corrected chi connectivity index (χ2v) is 7.85. The van der Waals surface area contributed by atoms with Crippen LogP contribution >= 0.6 is 11.3 Å². The van der Waals surface area contributed by atoms with E-state index >= 15 is 0 Å². The van der Waals surface area contributed by atoms with Crippen LogP contribution in [-0.2, 0) is 7.05 Å². The maximum Gasteiger partial charge on any atom is 0.271 e. The first-order valence-electron chi connectivity index (χ1n) is 9.04. The van der Waals surface area contributed by atoms with Crippen LogP contribution in [-0.4, -0.2) is 46.9 Å². The number of thiazole rings is 1. The number of carbonyl (C=O) groups excluding carboxylic acids is 1. The number of aromatic nitrogens is 3. The molecular formula is C19H23N5O2S. The van der Waals surface area contributed by atoms with Crippen LogP contribution in [0.4, 0.5) is 5.13 Å². The van der Waals surface area contributed by atoms with Crippen molar-refractivity contribution in [1.82, 2.24) is 20.1 Å². The van der Waals surface area contributed by atoms with Crippen LogP contribution in [0.5, 0.6) is 5.75 Å². The van der Waals surface area contributed by atoms with Crippen molar-refractivity contribution in [2.45, 2.75) is 25.8 Å². The van der Waals surface area contributed by atoms with Gasteiger partial charge in [-0.3, -0.25) is 9.48 Å². The second-order valence-electron chi connectivity index (χ2n) is 6.87. The fourth-order valence-corrected chi connectivity index (χ4v) is 4.51. The molecule has 1 fully saturated rings. The minimum absolute atomic E-state index is 0.102. The highest BCUT2D eigenvalue weighted by Crippen LogP contribution is 2.37. The molecule has 1 saturated heterocycles. The topological polar surface area (TPSA) is 72.3 Å². The van der Waals surface area contributed by atoms with Crippen LogP contribution in [0.1, 0.15) is 28.9 Å². The molecule has 0 atom stereocenters. The fourth-order valence-electron chi connectivity index (χ4n) is 3.41. The Labute approximate surface area is 162 Å². The standard InChI is InChI=1S/C19H23N5O2S/c1-12-4-5-15(26-3)16-17(12)27-19(21-16)24-10-6-13(7-11-24)20-18(25)14-8-9-23(2)22-14/h4-5,8-9,13H,6-7,10-11H2,1-3H3,(H,20,25). The Morgan fingerprint density at radius 1 is 1.30 bits per heavy atom. The first-order chi connectivity index (χ1) is 13.0. The summed E-state index contributed by atoms with van der Waals surface area (Å²) in [5.74, 6) is 0.713. The number of nitrogens with zero attached hydrogens (tertiary/aromatic N) is 4. The number of ether oxygens (including phenoxy) is 1. The third-order valence-electron chi connectivity index (χ3n) is 4.96. The van der Waals surface area contributed by atoms with Crippen molar-refractivity contribution in [2.24, 2.45) is 7.05 Å². The van der Waals surface area contributed by atoms with E-state index in [2.05, 4.69) is 28.3 Å². The van der Waals surface area contributed by atoms with Gasteiger partial charge in [-0.25, -0.2) is 4.98 Å². The van der Waals surface area contributed by atoms with E-state index in [0.29, 0.717) is 5.69 Å². The molecule has 0 radical (unpaired) electrons. The van der Waals surface area contributed by atoms with Crippen molar-refractivity contribution in [3.05, 3.63) is 35.7 Å². The van der Waals surface area contributed by atoms with Gasteiger partial charge >= 0.3 is 0 Å². The Morgan fingerprint density at radius 2 is 2.07 bits per heavy atom. The summed E-state index contributed by atoms with van der Waals surface area (Å²) in [5, 5.41) is 8.28. The summed E-state index contributed by atoms with van der Waals surface area (Å²) in [6.45, 7) is 3.84. The monoisotopic (exact) mass is 385 g/mol. The van der Waals surface area contributed by atoms with E-state index in [1.54, 1.807) is 35.4 Å². The maximum absolute atomic E-state index is 12.3. The maximum atomic E-state index is 12.3. The molecule has 1 N–H and O–H groups in total. The summed E-state index contributed by atoms with van der Waals surface area (Å²) in [4.78, 5) is 19.4. The summed E-state index contributed by atoms with van der Waals surface area (Å²) in [5.41, 5.74) is 2.61. The van der Waals surface area contributed by atoms with Crippen LogP contribution in [0.2, 0.25) is 0 Å². The predicted molar refractivity (Wildman–Crippen MR) is 107 cm³/mol. The molecule has 0 unspecified atom stereocenters. The minimum atomic E-state index is -0.102. The smallest absolute Gasteiger partial charge is 0.271 e. The van der Waals surface area contributed by atoms with Gasteiger partial charge in [-0.2, -0.15) is 5.10 Å². The highest BCUT2D eigenvalue weighted by molar-refractivity contribution is 7.22. The first kappa shape index (κ1) is 17.8. The molecule has 1 amide bonds. The number of fused-ring (bicyclic) bond motifs is 1. The van der Waals surface area contributed by atoms with Crippen molar-refractivity contribution in [3.63, 3.8) is 0 Å². The third kappa shape index (κ3) is 3.49. The SMILES string of the molecule is COc1ccc(C)c2sc(N3CCC(NC(=O)c4ccn(C)n4)CC3)nc12. The Balaban J connectivity index is 1.42. The summed E-state index contributed by atoms with van der Waals surface area (Å²) in [6.07, 6.45) is 3.57. The first-order valence-corrected chi connectivity index (χ1v) is 9.86. The molecule has 7 nitrogen and oxygen atoms in total. The normalized spacial score (nSPS) is 15.3. The zero-order valence-electron chi connectivity index (χ0n) is 15.7. The molecule has 3 heterocycles. The van der Waals surface area contributed by atoms with Gasteiger partial charge in [-0.1, -0.05) is 17.4 Å². The molecular weight excluding hydrogens is 362 g/mol. The lowest BCUT2D eigenvalue weighted by atomic mass is 10.1. The van der Waals surface area contributed by atoms with Crippen molar-refractivity contribution in [2.75, 3.05) is 25.1 Å². The van der Waals surface area contributed by atoms with E-state index in [4.69, 9.17) is 9.72 Å². The molecule has 142 valence electrons. The zero-order valence-corrected chi connectivity index (χ0v) is 16.5. The minimum Gasteiger partial charge on any atom is -0.494 e. The molecule has 27 heavy (non-hydrogen) atoms. The molecule has 8 heteroatoms. The van der Waals surface area contributed by atoms with Gasteiger partial charge in [0.25, 0.3) is 5.91 Å². The molecule has 1 aliphatic heterocycles. The van der Waals surface area contributed by atoms with Gasteiger partial charge in [0.05, 0.1) is 11.8 Å². The highest BCUT2D eigenvalue weighted by Gasteiger charge is 2.24. The lowest BCUT2D eigenvalue weighted by molar-refractivity contribution is 0.0925. The summed E-state index contributed by atoms with van der Waals surface area (Å²) < 4.78 is 8.27. The van der Waals surface area contributed by atoms with Crippen molar-refractivity contribution >= 4 is 32.6 Å². The molecule has 0 saturated carbocycles. The van der Waals surface area contributed by atoms with E-state index in [0.717, 1.165) is 42.3 Å². The predicted octanol–water partition coefficient (Wildman–Crippen LogP) is 2.75. The quantitative estimate of drug-likeness (QED) is 0.748. The molecule has 1 aromatic carbocycles. The third-order valence-corrected chi connectivity index (χ3v) is 6.21. The number of benzene rings is 1. The van der Waals surface area contributed by atoms with Crippen LogP contribution in [0.3, 0.4) is 0 Å². The van der Waals surface area contributed by atoms with Gasteiger partial charge < -0.3 is 15.0 Å². The molecule has 4 rings (SSSR count). The Hall–Kier alpha value is -2.61. The van der Waals surface area contributed by atoms with Crippen molar-refractivity contribution < 1.29 is 9.53 Å². The largest absolute Gasteiger partial charge is 0.494 e. The average molecular weight is 385 g/mol. The molecule has 1 aliphatic rings. The molecule has 0 aliphatic carbocycles. The summed E-state index contributed by atoms with van der Waals surface area (Å²) in [7, 11) is 3.49. The fraction of sp³-hybridized carbons (Fsp3) is 0.421. The van der Waals surface area contributed by atoms with Gasteiger partial charge in [0.1, 0.15) is 17.0 Å². The second kappa shape index (κ2) is 7.19. The lowest BCUT2D eigenvalue weighted by Crippen LogP contribution is -2.44. The molecule has 2 aromatic heterocycles. The summed E-state index contributed by atoms with van der Waals surface area (Å²) >= 11 is 1.71. The number of amides is 1.